The third kappa shape index (κ3) is 4.61. The second-order valence-corrected chi connectivity index (χ2v) is 7.64. The Kier molecular flexibility index (Phi) is 5.71. The number of anilines is 1. The van der Waals surface area contributed by atoms with Gasteiger partial charge in [-0.3, -0.25) is 4.90 Å². The summed E-state index contributed by atoms with van der Waals surface area (Å²) in [6, 6.07) is 16.4. The molecular weight excluding hydrogens is 358 g/mol. The molecule has 0 atom stereocenters. The fraction of sp³-hybridized carbons (Fsp3) is 0.333. The van der Waals surface area contributed by atoms with E-state index >= 15 is 0 Å². The maximum atomic E-state index is 6.21. The fourth-order valence-electron chi connectivity index (χ4n) is 3.41. The summed E-state index contributed by atoms with van der Waals surface area (Å²) in [4.78, 5) is 10.4. The number of guanidine groups is 2. The van der Waals surface area contributed by atoms with E-state index in [-0.39, 0.29) is 5.96 Å². The number of aryl methyl sites for hydroxylation is 2. The fourth-order valence-corrected chi connectivity index (χ4v) is 3.64. The molecule has 3 rings (SSSR count). The molecular formula is C21H26ClN5. The van der Waals surface area contributed by atoms with Crippen LogP contribution in [0.4, 0.5) is 5.69 Å². The zero-order valence-electron chi connectivity index (χ0n) is 15.8. The molecule has 0 spiro atoms. The van der Waals surface area contributed by atoms with E-state index in [0.29, 0.717) is 5.96 Å². The van der Waals surface area contributed by atoms with Crippen LogP contribution in [0.25, 0.3) is 0 Å². The zero-order chi connectivity index (χ0) is 19.4. The molecule has 2 aromatic rings. The van der Waals surface area contributed by atoms with Crippen molar-refractivity contribution in [1.82, 2.24) is 0 Å². The van der Waals surface area contributed by atoms with E-state index in [0.717, 1.165) is 36.4 Å². The summed E-state index contributed by atoms with van der Waals surface area (Å²) >= 11 is 6.21. The normalized spacial score (nSPS) is 16.0. The third-order valence-electron chi connectivity index (χ3n) is 4.71. The molecule has 0 saturated carbocycles. The lowest BCUT2D eigenvalue weighted by Gasteiger charge is -2.38. The van der Waals surface area contributed by atoms with E-state index in [9.17, 15) is 0 Å². The molecule has 5 nitrogen and oxygen atoms in total. The third-order valence-corrected chi connectivity index (χ3v) is 5.08. The van der Waals surface area contributed by atoms with Crippen molar-refractivity contribution < 1.29 is 0 Å². The lowest BCUT2D eigenvalue weighted by molar-refractivity contribution is 0.534. The highest BCUT2D eigenvalue weighted by Gasteiger charge is 2.32. The Hall–Kier alpha value is -2.53. The minimum absolute atomic E-state index is 0.212. The Bertz CT molecular complexity index is 855. The van der Waals surface area contributed by atoms with Crippen molar-refractivity contribution in [3.63, 3.8) is 0 Å². The van der Waals surface area contributed by atoms with E-state index in [1.165, 1.54) is 11.1 Å². The van der Waals surface area contributed by atoms with Crippen LogP contribution in [0.15, 0.2) is 58.5 Å². The zero-order valence-corrected chi connectivity index (χ0v) is 16.6. The molecule has 0 saturated heterocycles. The Morgan fingerprint density at radius 3 is 2.30 bits per heavy atom. The maximum Gasteiger partial charge on any atom is 0.220 e. The molecule has 1 heterocycles. The number of unbranched alkanes of at least 4 members (excludes halogenated alkanes) is 1. The van der Waals surface area contributed by atoms with Crippen molar-refractivity contribution in [2.75, 3.05) is 4.90 Å². The highest BCUT2D eigenvalue weighted by Crippen LogP contribution is 2.28. The minimum atomic E-state index is -0.563. The molecule has 142 valence electrons. The molecule has 0 aliphatic carbocycles. The number of nitrogens with zero attached hydrogens (tertiary/aromatic N) is 3. The van der Waals surface area contributed by atoms with Crippen LogP contribution in [0.5, 0.6) is 0 Å². The van der Waals surface area contributed by atoms with Gasteiger partial charge in [0.1, 0.15) is 5.66 Å². The average Bonchev–Trinajstić information content (AvgIpc) is 2.59. The lowest BCUT2D eigenvalue weighted by atomic mass is 10.0. The Balaban J connectivity index is 1.58. The Morgan fingerprint density at radius 2 is 1.63 bits per heavy atom. The summed E-state index contributed by atoms with van der Waals surface area (Å²) in [5, 5.41) is 0.855. The first-order chi connectivity index (χ1) is 12.9. The van der Waals surface area contributed by atoms with Crippen LogP contribution in [0.2, 0.25) is 5.02 Å². The minimum Gasteiger partial charge on any atom is -0.369 e. The molecule has 2 aromatic carbocycles. The van der Waals surface area contributed by atoms with E-state index < -0.39 is 5.66 Å². The van der Waals surface area contributed by atoms with Crippen molar-refractivity contribution in [3.8, 4) is 0 Å². The van der Waals surface area contributed by atoms with Gasteiger partial charge in [0.05, 0.1) is 0 Å². The Labute approximate surface area is 165 Å². The van der Waals surface area contributed by atoms with Gasteiger partial charge in [0.2, 0.25) is 11.9 Å². The van der Waals surface area contributed by atoms with E-state index in [2.05, 4.69) is 40.3 Å². The first-order valence-electron chi connectivity index (χ1n) is 9.19. The molecule has 1 aliphatic rings. The van der Waals surface area contributed by atoms with Crippen LogP contribution in [-0.4, -0.2) is 17.6 Å². The largest absolute Gasteiger partial charge is 0.369 e. The van der Waals surface area contributed by atoms with Crippen molar-refractivity contribution >= 4 is 29.2 Å². The summed E-state index contributed by atoms with van der Waals surface area (Å²) in [5.41, 5.74) is 14.7. The molecule has 0 bridgehead atoms. The number of aliphatic imine (C=N–C) groups is 2. The van der Waals surface area contributed by atoms with Gasteiger partial charge in [0, 0.05) is 10.7 Å². The van der Waals surface area contributed by atoms with Crippen molar-refractivity contribution in [1.29, 1.82) is 0 Å². The molecule has 0 aromatic heterocycles. The van der Waals surface area contributed by atoms with Gasteiger partial charge < -0.3 is 11.5 Å². The Morgan fingerprint density at radius 1 is 0.963 bits per heavy atom. The van der Waals surface area contributed by atoms with Gasteiger partial charge in [0.25, 0.3) is 0 Å². The van der Waals surface area contributed by atoms with Crippen LogP contribution in [0.1, 0.15) is 37.8 Å². The molecule has 0 radical (unpaired) electrons. The molecule has 1 aliphatic heterocycles. The number of rotatable bonds is 6. The second-order valence-electron chi connectivity index (χ2n) is 7.23. The predicted octanol–water partition coefficient (Wildman–Crippen LogP) is 4.09. The number of hydrogen-bond donors (Lipinski definition) is 2. The van der Waals surface area contributed by atoms with Crippen molar-refractivity contribution in [2.45, 2.75) is 45.2 Å². The number of halogens is 1. The monoisotopic (exact) mass is 383 g/mol. The standard InChI is InChI=1S/C21H26ClN5/c1-21(2)26-19(23)25-20(24)27(21)17-13-11-15(12-14-17)7-3-4-8-16-9-5-6-10-18(16)22/h5-6,9-14H,3-4,7-8H2,1-2H3,(H4,23,24,25,26). The van der Waals surface area contributed by atoms with Gasteiger partial charge in [-0.1, -0.05) is 41.9 Å². The predicted molar refractivity (Wildman–Crippen MR) is 114 cm³/mol. The topological polar surface area (TPSA) is 80.0 Å². The molecule has 0 fully saturated rings. The lowest BCUT2D eigenvalue weighted by Crippen LogP contribution is -2.54. The van der Waals surface area contributed by atoms with Gasteiger partial charge >= 0.3 is 0 Å². The van der Waals surface area contributed by atoms with Crippen molar-refractivity contribution in [2.24, 2.45) is 21.5 Å². The highest BCUT2D eigenvalue weighted by atomic mass is 35.5. The second kappa shape index (κ2) is 8.01. The van der Waals surface area contributed by atoms with Gasteiger partial charge in [-0.05, 0) is 68.9 Å². The van der Waals surface area contributed by atoms with Gasteiger partial charge in [-0.2, -0.15) is 4.99 Å². The number of benzene rings is 2. The smallest absolute Gasteiger partial charge is 0.220 e. The SMILES string of the molecule is CC1(C)N=C(N)N=C(N)N1c1ccc(CCCCc2ccccc2Cl)cc1. The van der Waals surface area contributed by atoms with Crippen molar-refractivity contribution in [3.05, 3.63) is 64.7 Å². The maximum absolute atomic E-state index is 6.21. The summed E-state index contributed by atoms with van der Waals surface area (Å²) < 4.78 is 0. The van der Waals surface area contributed by atoms with Crippen LogP contribution >= 0.6 is 11.6 Å². The van der Waals surface area contributed by atoms with Crippen LogP contribution in [0.3, 0.4) is 0 Å². The van der Waals surface area contributed by atoms with E-state index in [1.807, 2.05) is 36.9 Å². The average molecular weight is 384 g/mol. The summed E-state index contributed by atoms with van der Waals surface area (Å²) in [6.07, 6.45) is 4.26. The van der Waals surface area contributed by atoms with Crippen LogP contribution in [0, 0.1) is 0 Å². The van der Waals surface area contributed by atoms with E-state index in [1.54, 1.807) is 0 Å². The van der Waals surface area contributed by atoms with Gasteiger partial charge in [-0.15, -0.1) is 0 Å². The van der Waals surface area contributed by atoms with Crippen LogP contribution in [-0.2, 0) is 12.8 Å². The summed E-state index contributed by atoms with van der Waals surface area (Å²) in [7, 11) is 0. The highest BCUT2D eigenvalue weighted by molar-refractivity contribution is 6.31. The van der Waals surface area contributed by atoms with Gasteiger partial charge in [-0.25, -0.2) is 4.99 Å². The molecule has 6 heteroatoms. The molecule has 0 unspecified atom stereocenters. The summed E-state index contributed by atoms with van der Waals surface area (Å²) in [5.74, 6) is 0.573. The van der Waals surface area contributed by atoms with Crippen LogP contribution < -0.4 is 16.4 Å². The number of hydrogen-bond acceptors (Lipinski definition) is 5. The van der Waals surface area contributed by atoms with E-state index in [4.69, 9.17) is 23.1 Å². The quantitative estimate of drug-likeness (QED) is 0.737. The first kappa shape index (κ1) is 19.2. The molecule has 4 N–H and O–H groups in total. The molecule has 27 heavy (non-hydrogen) atoms. The summed E-state index contributed by atoms with van der Waals surface area (Å²) in [6.45, 7) is 3.92. The van der Waals surface area contributed by atoms with Gasteiger partial charge in [0.15, 0.2) is 0 Å². The molecule has 0 amide bonds. The number of nitrogens with two attached hydrogens (primary N) is 2. The first-order valence-corrected chi connectivity index (χ1v) is 9.57.